The first kappa shape index (κ1) is 19.6. The Labute approximate surface area is 164 Å². The van der Waals surface area contributed by atoms with Gasteiger partial charge >= 0.3 is 0 Å². The zero-order valence-electron chi connectivity index (χ0n) is 15.6. The van der Waals surface area contributed by atoms with Gasteiger partial charge in [0.25, 0.3) is 11.8 Å². The van der Waals surface area contributed by atoms with Gasteiger partial charge < -0.3 is 11.1 Å². The minimum atomic E-state index is -1.03. The molecule has 1 aliphatic rings. The second-order valence-corrected chi connectivity index (χ2v) is 6.99. The average molecular weight is 377 g/mol. The van der Waals surface area contributed by atoms with Crippen molar-refractivity contribution >= 4 is 11.8 Å². The maximum atomic E-state index is 12.3. The lowest BCUT2D eigenvalue weighted by Crippen LogP contribution is -2.54. The van der Waals surface area contributed by atoms with Crippen molar-refractivity contribution in [2.75, 3.05) is 0 Å². The Hall–Kier alpha value is -3.14. The summed E-state index contributed by atoms with van der Waals surface area (Å²) in [5.74, 6) is 6.12. The van der Waals surface area contributed by atoms with Crippen LogP contribution in [0.5, 0.6) is 0 Å². The molecule has 28 heavy (non-hydrogen) atoms. The summed E-state index contributed by atoms with van der Waals surface area (Å²) in [5, 5.41) is 11.3. The Morgan fingerprint density at radius 1 is 1.14 bits per heavy atom. The van der Waals surface area contributed by atoms with Gasteiger partial charge in [0.2, 0.25) is 0 Å². The third-order valence-corrected chi connectivity index (χ3v) is 4.77. The first-order chi connectivity index (χ1) is 13.5. The zero-order chi connectivity index (χ0) is 20.1. The van der Waals surface area contributed by atoms with E-state index in [-0.39, 0.29) is 0 Å². The van der Waals surface area contributed by atoms with E-state index in [1.54, 1.807) is 31.2 Å². The predicted molar refractivity (Wildman–Crippen MR) is 105 cm³/mol. The van der Waals surface area contributed by atoms with Crippen LogP contribution in [0.25, 0.3) is 0 Å². The monoisotopic (exact) mass is 377 g/mol. The maximum Gasteiger partial charge on any atom is 0.267 e. The predicted octanol–water partition coefficient (Wildman–Crippen LogP) is 1.79. The van der Waals surface area contributed by atoms with Crippen LogP contribution in [0.4, 0.5) is 0 Å². The molecule has 5 N–H and O–H groups in total. The van der Waals surface area contributed by atoms with Crippen molar-refractivity contribution in [1.82, 2.24) is 10.8 Å². The highest BCUT2D eigenvalue weighted by Crippen LogP contribution is 2.46. The van der Waals surface area contributed by atoms with E-state index >= 15 is 0 Å². The molecule has 2 amide bonds. The van der Waals surface area contributed by atoms with E-state index in [0.29, 0.717) is 17.4 Å². The van der Waals surface area contributed by atoms with Crippen LogP contribution in [0.15, 0.2) is 54.6 Å². The summed E-state index contributed by atoms with van der Waals surface area (Å²) in [4.78, 5) is 23.9. The Kier molecular flexibility index (Phi) is 6.09. The van der Waals surface area contributed by atoms with Crippen LogP contribution < -0.4 is 16.5 Å². The minimum absolute atomic E-state index is 0.370. The van der Waals surface area contributed by atoms with E-state index in [4.69, 9.17) is 10.9 Å². The fraction of sp³-hybridized carbons (Fsp3) is 0.273. The van der Waals surface area contributed by atoms with E-state index in [0.717, 1.165) is 12.0 Å². The summed E-state index contributed by atoms with van der Waals surface area (Å²) >= 11 is 0. The van der Waals surface area contributed by atoms with Crippen LogP contribution in [0.1, 0.15) is 40.7 Å². The van der Waals surface area contributed by atoms with Crippen LogP contribution in [0, 0.1) is 17.8 Å². The second kappa shape index (κ2) is 8.70. The van der Waals surface area contributed by atoms with Crippen molar-refractivity contribution in [1.29, 1.82) is 0 Å². The molecule has 6 nitrogen and oxygen atoms in total. The number of hydrogen-bond donors (Lipinski definition) is 4. The molecule has 2 aromatic rings. The van der Waals surface area contributed by atoms with Crippen molar-refractivity contribution in [3.63, 3.8) is 0 Å². The smallest absolute Gasteiger partial charge is 0.267 e. The van der Waals surface area contributed by atoms with Crippen LogP contribution >= 0.6 is 0 Å². The first-order valence-corrected chi connectivity index (χ1v) is 9.16. The van der Waals surface area contributed by atoms with Crippen molar-refractivity contribution in [2.45, 2.75) is 31.3 Å². The molecule has 0 bridgehead atoms. The molecular formula is C22H23N3O3. The van der Waals surface area contributed by atoms with E-state index in [9.17, 15) is 9.59 Å². The van der Waals surface area contributed by atoms with Crippen LogP contribution in [-0.4, -0.2) is 29.1 Å². The maximum absolute atomic E-state index is 12.3. The molecular weight excluding hydrogens is 354 g/mol. The molecule has 4 atom stereocenters. The molecule has 1 aliphatic carbocycles. The third kappa shape index (κ3) is 4.77. The fourth-order valence-electron chi connectivity index (χ4n) is 3.03. The molecule has 0 aromatic heterocycles. The topological polar surface area (TPSA) is 104 Å². The molecule has 0 radical (unpaired) electrons. The molecule has 1 fully saturated rings. The van der Waals surface area contributed by atoms with Gasteiger partial charge in [0, 0.05) is 23.1 Å². The van der Waals surface area contributed by atoms with E-state index in [2.05, 4.69) is 29.3 Å². The van der Waals surface area contributed by atoms with Gasteiger partial charge in [0.1, 0.15) is 6.04 Å². The lowest BCUT2D eigenvalue weighted by Gasteiger charge is -2.20. The molecule has 0 heterocycles. The van der Waals surface area contributed by atoms with Gasteiger partial charge in [-0.15, -0.1) is 0 Å². The van der Waals surface area contributed by atoms with Crippen molar-refractivity contribution in [3.05, 3.63) is 71.3 Å². The van der Waals surface area contributed by atoms with Crippen LogP contribution in [-0.2, 0) is 4.79 Å². The molecule has 0 saturated heterocycles. The largest absolute Gasteiger partial charge is 0.339 e. The summed E-state index contributed by atoms with van der Waals surface area (Å²) < 4.78 is 0. The van der Waals surface area contributed by atoms with Gasteiger partial charge in [0.05, 0.1) is 0 Å². The summed E-state index contributed by atoms with van der Waals surface area (Å²) in [7, 11) is 0. The number of nitrogens with one attached hydrogen (secondary N) is 2. The third-order valence-electron chi connectivity index (χ3n) is 4.77. The molecule has 2 unspecified atom stereocenters. The molecule has 0 aliphatic heterocycles. The zero-order valence-corrected chi connectivity index (χ0v) is 15.6. The summed E-state index contributed by atoms with van der Waals surface area (Å²) in [6.45, 7) is 1.57. The highest BCUT2D eigenvalue weighted by Gasteiger charge is 2.36. The van der Waals surface area contributed by atoms with Gasteiger partial charge in [-0.25, -0.2) is 5.48 Å². The van der Waals surface area contributed by atoms with Gasteiger partial charge in [-0.05, 0) is 49.1 Å². The Morgan fingerprint density at radius 3 is 2.43 bits per heavy atom. The normalized spacial score (nSPS) is 19.5. The minimum Gasteiger partial charge on any atom is -0.339 e. The quantitative estimate of drug-likeness (QED) is 0.362. The van der Waals surface area contributed by atoms with Gasteiger partial charge in [-0.1, -0.05) is 42.2 Å². The van der Waals surface area contributed by atoms with Gasteiger partial charge in [-0.3, -0.25) is 14.8 Å². The Morgan fingerprint density at radius 2 is 1.82 bits per heavy atom. The molecule has 0 spiro atoms. The average Bonchev–Trinajstić information content (AvgIpc) is 3.50. The number of rotatable bonds is 5. The molecule has 1 saturated carbocycles. The van der Waals surface area contributed by atoms with Gasteiger partial charge in [-0.2, -0.15) is 0 Å². The molecule has 2 aromatic carbocycles. The Bertz CT molecular complexity index is 898. The highest BCUT2D eigenvalue weighted by atomic mass is 16.5. The highest BCUT2D eigenvalue weighted by molar-refractivity contribution is 5.97. The molecule has 3 rings (SSSR count). The fourth-order valence-corrected chi connectivity index (χ4v) is 3.03. The first-order valence-electron chi connectivity index (χ1n) is 9.16. The number of carbonyl (C=O) groups is 2. The summed E-state index contributed by atoms with van der Waals surface area (Å²) in [6.07, 6.45) is 1.07. The van der Waals surface area contributed by atoms with Crippen LogP contribution in [0.3, 0.4) is 0 Å². The van der Waals surface area contributed by atoms with Gasteiger partial charge in [0.15, 0.2) is 0 Å². The van der Waals surface area contributed by atoms with E-state index < -0.39 is 23.9 Å². The lowest BCUT2D eigenvalue weighted by molar-refractivity contribution is -0.131. The molecule has 6 heteroatoms. The van der Waals surface area contributed by atoms with Crippen LogP contribution in [0.2, 0.25) is 0 Å². The number of nitrogens with two attached hydrogens (primary N) is 1. The lowest BCUT2D eigenvalue weighted by atomic mass is 10.1. The second-order valence-electron chi connectivity index (χ2n) is 6.99. The summed E-state index contributed by atoms with van der Waals surface area (Å²) in [5.41, 5.74) is 9.73. The number of carbonyl (C=O) groups excluding carboxylic acids is 2. The number of hydroxylamine groups is 1. The molecule has 144 valence electrons. The summed E-state index contributed by atoms with van der Waals surface area (Å²) in [6, 6.07) is 15.5. The number of amides is 2. The van der Waals surface area contributed by atoms with E-state index in [1.165, 1.54) is 11.0 Å². The Balaban J connectivity index is 1.60. The number of hydrogen-bond acceptors (Lipinski definition) is 4. The SMILES string of the molecule is C[C@@H](N)[C@H](NC(=O)c1ccc(C#CC2CC2c2ccccc2)cc1)C(=O)NO. The standard InChI is InChI=1S/C22H23N3O3/c1-14(23)20(22(27)25-28)24-21(26)17-10-7-15(8-11-17)9-12-18-13-19(18)16-5-3-2-4-6-16/h2-8,10-11,14,18-20,28H,13,23H2,1H3,(H,24,26)(H,25,27)/t14-,18?,19?,20+/m1/s1. The van der Waals surface area contributed by atoms with Crippen molar-refractivity contribution < 1.29 is 14.8 Å². The van der Waals surface area contributed by atoms with E-state index in [1.807, 2.05) is 18.2 Å². The van der Waals surface area contributed by atoms with Crippen molar-refractivity contribution in [3.8, 4) is 11.8 Å². The van der Waals surface area contributed by atoms with Crippen molar-refractivity contribution in [2.24, 2.45) is 11.7 Å². The number of benzene rings is 2.